The van der Waals surface area contributed by atoms with Crippen LogP contribution in [0.1, 0.15) is 34.0 Å². The first-order chi connectivity index (χ1) is 16.3. The molecule has 6 nitrogen and oxygen atoms in total. The molecule has 1 N–H and O–H groups in total. The molecule has 3 aromatic carbocycles. The second-order valence-corrected chi connectivity index (χ2v) is 10.7. The van der Waals surface area contributed by atoms with Crippen LogP contribution in [0, 0.1) is 13.8 Å². The van der Waals surface area contributed by atoms with Gasteiger partial charge in [0.15, 0.2) is 0 Å². The number of carboxylic acid groups (broad SMARTS) is 1. The van der Waals surface area contributed by atoms with Crippen LogP contribution >= 0.6 is 11.9 Å². The highest BCUT2D eigenvalue weighted by atomic mass is 32.3. The van der Waals surface area contributed by atoms with Gasteiger partial charge in [-0.2, -0.15) is 13.2 Å². The van der Waals surface area contributed by atoms with Gasteiger partial charge in [-0.3, -0.25) is 0 Å². The predicted molar refractivity (Wildman–Crippen MR) is 126 cm³/mol. The van der Waals surface area contributed by atoms with Crippen molar-refractivity contribution in [2.24, 2.45) is 0 Å². The van der Waals surface area contributed by atoms with Crippen LogP contribution in [0.3, 0.4) is 0 Å². The first-order valence-electron chi connectivity index (χ1n) is 10.3. The number of hydrogen-bond donors (Lipinski definition) is 1. The summed E-state index contributed by atoms with van der Waals surface area (Å²) in [5.41, 5.74) is 0.191. The molecule has 0 saturated carbocycles. The van der Waals surface area contributed by atoms with E-state index in [1.54, 1.807) is 45.0 Å². The molecule has 3 rings (SSSR count). The fourth-order valence-electron chi connectivity index (χ4n) is 3.13. The second kappa shape index (κ2) is 10.3. The maximum Gasteiger partial charge on any atom is 0.416 e. The molecule has 11 heteroatoms. The largest absolute Gasteiger partial charge is 0.478 e. The van der Waals surface area contributed by atoms with E-state index >= 15 is 0 Å². The maximum absolute atomic E-state index is 13.2. The second-order valence-electron chi connectivity index (χ2n) is 7.53. The zero-order valence-corrected chi connectivity index (χ0v) is 20.6. The number of alkyl halides is 3. The SMILES string of the molecule is CCN(Sc1ccc(Oc2ccc(C(F)(F)F)cc2)cc1)S(=O)(=O)c1cc(C)c(C)c(C(=O)O)c1. The molecule has 0 aliphatic rings. The van der Waals surface area contributed by atoms with E-state index in [0.29, 0.717) is 21.8 Å². The van der Waals surface area contributed by atoms with Crippen LogP contribution in [0.2, 0.25) is 0 Å². The van der Waals surface area contributed by atoms with Crippen LogP contribution in [0.4, 0.5) is 13.2 Å². The Bertz CT molecular complexity index is 1320. The number of sulfonamides is 1. The minimum atomic E-state index is -4.44. The molecule has 0 fully saturated rings. The van der Waals surface area contributed by atoms with Crippen LogP contribution < -0.4 is 4.74 Å². The van der Waals surface area contributed by atoms with E-state index in [0.717, 1.165) is 33.9 Å². The molecule has 0 amide bonds. The minimum absolute atomic E-state index is 0.0746. The summed E-state index contributed by atoms with van der Waals surface area (Å²) in [7, 11) is -4.01. The number of hydrogen-bond acceptors (Lipinski definition) is 5. The fraction of sp³-hybridized carbons (Fsp3) is 0.208. The summed E-state index contributed by atoms with van der Waals surface area (Å²) in [5.74, 6) is -0.623. The summed E-state index contributed by atoms with van der Waals surface area (Å²) < 4.78 is 71.2. The van der Waals surface area contributed by atoms with Crippen molar-refractivity contribution in [1.29, 1.82) is 0 Å². The molecule has 0 aliphatic carbocycles. The molecule has 0 radical (unpaired) electrons. The van der Waals surface area contributed by atoms with E-state index in [4.69, 9.17) is 4.74 Å². The highest BCUT2D eigenvalue weighted by Crippen LogP contribution is 2.34. The van der Waals surface area contributed by atoms with Gasteiger partial charge in [-0.05, 0) is 97.6 Å². The van der Waals surface area contributed by atoms with Gasteiger partial charge in [0.1, 0.15) is 11.5 Å². The Hall–Kier alpha value is -3.02. The molecular weight excluding hydrogens is 503 g/mol. The Morgan fingerprint density at radius 3 is 2.03 bits per heavy atom. The smallest absolute Gasteiger partial charge is 0.416 e. The third-order valence-corrected chi connectivity index (χ3v) is 8.53. The zero-order chi connectivity index (χ0) is 26.0. The summed E-state index contributed by atoms with van der Waals surface area (Å²) in [4.78, 5) is 12.0. The predicted octanol–water partition coefficient (Wildman–Crippen LogP) is 6.53. The highest BCUT2D eigenvalue weighted by Gasteiger charge is 2.30. The summed E-state index contributed by atoms with van der Waals surface area (Å²) in [6.07, 6.45) is -4.44. The summed E-state index contributed by atoms with van der Waals surface area (Å²) >= 11 is 0.952. The molecule has 0 bridgehead atoms. The van der Waals surface area contributed by atoms with Gasteiger partial charge in [-0.25, -0.2) is 13.2 Å². The van der Waals surface area contributed by atoms with Crippen molar-refractivity contribution in [1.82, 2.24) is 3.71 Å². The van der Waals surface area contributed by atoms with E-state index in [-0.39, 0.29) is 22.8 Å². The van der Waals surface area contributed by atoms with Crippen LogP contribution in [0.15, 0.2) is 70.5 Å². The first kappa shape index (κ1) is 26.6. The number of aromatic carboxylic acids is 1. The number of halogens is 3. The number of aryl methyl sites for hydroxylation is 1. The van der Waals surface area contributed by atoms with Crippen LogP contribution in [0.25, 0.3) is 0 Å². The van der Waals surface area contributed by atoms with Gasteiger partial charge in [-0.1, -0.05) is 6.92 Å². The molecular formula is C24H22F3NO5S2. The van der Waals surface area contributed by atoms with Crippen molar-refractivity contribution in [2.45, 2.75) is 36.7 Å². The number of carbonyl (C=O) groups is 1. The van der Waals surface area contributed by atoms with Gasteiger partial charge in [-0.15, -0.1) is 3.71 Å². The summed E-state index contributed by atoms with van der Waals surface area (Å²) in [6.45, 7) is 5.05. The van der Waals surface area contributed by atoms with Crippen molar-refractivity contribution in [3.63, 3.8) is 0 Å². The monoisotopic (exact) mass is 525 g/mol. The normalized spacial score (nSPS) is 12.1. The van der Waals surface area contributed by atoms with Crippen LogP contribution in [0.5, 0.6) is 11.5 Å². The molecule has 0 aromatic heterocycles. The minimum Gasteiger partial charge on any atom is -0.478 e. The number of rotatable bonds is 8. The maximum atomic E-state index is 13.2. The molecule has 0 atom stereocenters. The number of benzene rings is 3. The van der Waals surface area contributed by atoms with E-state index in [1.807, 2.05) is 0 Å². The topological polar surface area (TPSA) is 83.9 Å². The Morgan fingerprint density at radius 1 is 1.00 bits per heavy atom. The Balaban J connectivity index is 1.77. The molecule has 35 heavy (non-hydrogen) atoms. The molecule has 0 heterocycles. The highest BCUT2D eigenvalue weighted by molar-refractivity contribution is 8.08. The average molecular weight is 526 g/mol. The zero-order valence-electron chi connectivity index (χ0n) is 19.0. The van der Waals surface area contributed by atoms with E-state index in [1.165, 1.54) is 18.2 Å². The van der Waals surface area contributed by atoms with E-state index in [9.17, 15) is 31.5 Å². The quantitative estimate of drug-likeness (QED) is 0.337. The summed E-state index contributed by atoms with van der Waals surface area (Å²) in [5, 5.41) is 9.42. The Kier molecular flexibility index (Phi) is 7.83. The van der Waals surface area contributed by atoms with Gasteiger partial charge in [0.2, 0.25) is 0 Å². The van der Waals surface area contributed by atoms with Gasteiger partial charge in [0.05, 0.1) is 16.0 Å². The first-order valence-corrected chi connectivity index (χ1v) is 12.5. The van der Waals surface area contributed by atoms with Gasteiger partial charge >= 0.3 is 12.1 Å². The third-order valence-electron chi connectivity index (χ3n) is 5.14. The lowest BCUT2D eigenvalue weighted by atomic mass is 10.0. The van der Waals surface area contributed by atoms with Crippen molar-refractivity contribution in [3.05, 3.63) is 82.9 Å². The molecule has 0 unspecified atom stereocenters. The van der Waals surface area contributed by atoms with E-state index in [2.05, 4.69) is 0 Å². The van der Waals surface area contributed by atoms with Crippen molar-refractivity contribution < 1.29 is 36.2 Å². The fourth-order valence-corrected chi connectivity index (χ4v) is 5.83. The molecule has 0 saturated heterocycles. The van der Waals surface area contributed by atoms with Crippen molar-refractivity contribution in [2.75, 3.05) is 6.54 Å². The van der Waals surface area contributed by atoms with Gasteiger partial charge < -0.3 is 9.84 Å². The van der Waals surface area contributed by atoms with Crippen molar-refractivity contribution >= 4 is 27.9 Å². The molecule has 186 valence electrons. The van der Waals surface area contributed by atoms with Crippen molar-refractivity contribution in [3.8, 4) is 11.5 Å². The Labute approximate surface area is 205 Å². The number of nitrogens with zero attached hydrogens (tertiary/aromatic N) is 1. The van der Waals surface area contributed by atoms with Crippen LogP contribution in [-0.4, -0.2) is 29.7 Å². The molecule has 3 aromatic rings. The number of carboxylic acids is 1. The standard InChI is InChI=1S/C24H22F3NO5S2/c1-4-28(35(31,32)21-13-15(2)16(3)22(14-21)23(29)30)34-20-11-9-19(10-12-20)33-18-7-5-17(6-8-18)24(25,26)27/h5-14H,4H2,1-3H3,(H,29,30). The van der Waals surface area contributed by atoms with Gasteiger partial charge in [0, 0.05) is 11.4 Å². The third kappa shape index (κ3) is 6.16. The lowest BCUT2D eigenvalue weighted by Crippen LogP contribution is -2.25. The number of ether oxygens (including phenoxy) is 1. The van der Waals surface area contributed by atoms with Gasteiger partial charge in [0.25, 0.3) is 10.0 Å². The lowest BCUT2D eigenvalue weighted by molar-refractivity contribution is -0.137. The van der Waals surface area contributed by atoms with Crippen LogP contribution in [-0.2, 0) is 16.2 Å². The molecule has 0 aliphatic heterocycles. The van der Waals surface area contributed by atoms with E-state index < -0.39 is 27.7 Å². The summed E-state index contributed by atoms with van der Waals surface area (Å²) in [6, 6.07) is 13.2. The average Bonchev–Trinajstić information content (AvgIpc) is 2.79. The Morgan fingerprint density at radius 2 is 1.54 bits per heavy atom. The molecule has 0 spiro atoms. The lowest BCUT2D eigenvalue weighted by Gasteiger charge is -2.20.